The second-order valence-corrected chi connectivity index (χ2v) is 9.15. The summed E-state index contributed by atoms with van der Waals surface area (Å²) in [4.78, 5) is 6.57. The standard InChI is InChI=1S/C28H29F6N3/c1-18-8-5-9-19(2)25(18)36-26(35-12-7-13-37(3)4)22-14-21(16-24(17-22)28(32,33)34)20-10-6-11-23(15-20)27(29,30)31/h5-6,8-11,14-17H,7,12-13H2,1-4H3,(H,35,36). The molecule has 0 heterocycles. The first-order valence-electron chi connectivity index (χ1n) is 11.7. The molecule has 0 fully saturated rings. The van der Waals surface area contributed by atoms with Crippen LogP contribution in [0.15, 0.2) is 65.7 Å². The maximum Gasteiger partial charge on any atom is 0.416 e. The molecule has 198 valence electrons. The molecule has 37 heavy (non-hydrogen) atoms. The molecule has 0 aliphatic rings. The third kappa shape index (κ3) is 7.58. The van der Waals surface area contributed by atoms with Gasteiger partial charge in [-0.1, -0.05) is 30.3 Å². The van der Waals surface area contributed by atoms with E-state index in [2.05, 4.69) is 10.3 Å². The molecular weight excluding hydrogens is 492 g/mol. The Balaban J connectivity index is 2.16. The Bertz CT molecular complexity index is 1240. The fourth-order valence-corrected chi connectivity index (χ4v) is 3.88. The van der Waals surface area contributed by atoms with E-state index in [1.165, 1.54) is 18.2 Å². The van der Waals surface area contributed by atoms with Gasteiger partial charge in [0.1, 0.15) is 5.84 Å². The zero-order chi connectivity index (χ0) is 27.4. The lowest BCUT2D eigenvalue weighted by atomic mass is 9.97. The van der Waals surface area contributed by atoms with Crippen LogP contribution >= 0.6 is 0 Å². The molecule has 1 N–H and O–H groups in total. The summed E-state index contributed by atoms with van der Waals surface area (Å²) < 4.78 is 81.6. The van der Waals surface area contributed by atoms with E-state index < -0.39 is 23.5 Å². The van der Waals surface area contributed by atoms with E-state index in [0.717, 1.165) is 41.9 Å². The fraction of sp³-hybridized carbons (Fsp3) is 0.321. The maximum atomic E-state index is 13.9. The summed E-state index contributed by atoms with van der Waals surface area (Å²) in [5.74, 6) is 0.218. The van der Waals surface area contributed by atoms with Crippen molar-refractivity contribution in [2.45, 2.75) is 32.6 Å². The molecule has 9 heteroatoms. The van der Waals surface area contributed by atoms with E-state index >= 15 is 0 Å². The van der Waals surface area contributed by atoms with Crippen LogP contribution in [0.25, 0.3) is 11.1 Å². The lowest BCUT2D eigenvalue weighted by Gasteiger charge is -2.18. The van der Waals surface area contributed by atoms with Gasteiger partial charge in [0.15, 0.2) is 0 Å². The molecule has 0 aliphatic carbocycles. The second kappa shape index (κ2) is 11.4. The summed E-state index contributed by atoms with van der Waals surface area (Å²) in [6, 6.07) is 13.2. The third-order valence-corrected chi connectivity index (χ3v) is 5.81. The molecule has 0 spiro atoms. The van der Waals surface area contributed by atoms with Gasteiger partial charge in [0.25, 0.3) is 0 Å². The van der Waals surface area contributed by atoms with Crippen molar-refractivity contribution in [1.29, 1.82) is 0 Å². The number of nitrogens with one attached hydrogen (secondary N) is 1. The molecule has 0 saturated carbocycles. The molecule has 0 saturated heterocycles. The Hall–Kier alpha value is -3.33. The largest absolute Gasteiger partial charge is 0.416 e. The molecule has 0 aliphatic heterocycles. The van der Waals surface area contributed by atoms with Crippen molar-refractivity contribution in [1.82, 2.24) is 4.90 Å². The predicted octanol–water partition coefficient (Wildman–Crippen LogP) is 7.82. The molecular formula is C28H29F6N3. The van der Waals surface area contributed by atoms with Crippen LogP contribution in [0, 0.1) is 13.8 Å². The van der Waals surface area contributed by atoms with Crippen LogP contribution in [0.1, 0.15) is 34.2 Å². The van der Waals surface area contributed by atoms with Crippen LogP contribution in [0.3, 0.4) is 0 Å². The first-order valence-corrected chi connectivity index (χ1v) is 11.7. The van der Waals surface area contributed by atoms with Gasteiger partial charge in [-0.05, 0) is 93.5 Å². The van der Waals surface area contributed by atoms with Crippen molar-refractivity contribution >= 4 is 11.5 Å². The SMILES string of the molecule is Cc1cccc(C)c1NC(=NCCCN(C)C)c1cc(-c2cccc(C(F)(F)F)c2)cc(C(F)(F)F)c1. The van der Waals surface area contributed by atoms with Crippen molar-refractivity contribution in [3.05, 3.63) is 88.5 Å². The van der Waals surface area contributed by atoms with E-state index in [9.17, 15) is 26.3 Å². The number of aryl methyl sites for hydroxylation is 2. The zero-order valence-electron chi connectivity index (χ0n) is 21.1. The molecule has 0 atom stereocenters. The van der Waals surface area contributed by atoms with Gasteiger partial charge in [0.2, 0.25) is 0 Å². The molecule has 0 amide bonds. The number of alkyl halides is 6. The van der Waals surface area contributed by atoms with E-state index in [-0.39, 0.29) is 22.5 Å². The highest BCUT2D eigenvalue weighted by atomic mass is 19.4. The number of halogens is 6. The topological polar surface area (TPSA) is 27.6 Å². The van der Waals surface area contributed by atoms with E-state index in [0.29, 0.717) is 18.7 Å². The molecule has 0 bridgehead atoms. The van der Waals surface area contributed by atoms with Crippen molar-refractivity contribution in [2.24, 2.45) is 4.99 Å². The number of rotatable bonds is 7. The number of para-hydroxylation sites is 1. The lowest BCUT2D eigenvalue weighted by molar-refractivity contribution is -0.138. The average Bonchev–Trinajstić information content (AvgIpc) is 2.81. The van der Waals surface area contributed by atoms with Crippen molar-refractivity contribution < 1.29 is 26.3 Å². The Kier molecular flexibility index (Phi) is 8.68. The van der Waals surface area contributed by atoms with Crippen molar-refractivity contribution in [3.63, 3.8) is 0 Å². The van der Waals surface area contributed by atoms with Gasteiger partial charge in [0, 0.05) is 17.8 Å². The summed E-state index contributed by atoms with van der Waals surface area (Å²) in [7, 11) is 3.82. The maximum absolute atomic E-state index is 13.9. The summed E-state index contributed by atoms with van der Waals surface area (Å²) in [5.41, 5.74) is 0.747. The van der Waals surface area contributed by atoms with Gasteiger partial charge in [0.05, 0.1) is 11.1 Å². The number of hydrogen-bond donors (Lipinski definition) is 1. The minimum atomic E-state index is -4.71. The molecule has 3 aromatic carbocycles. The summed E-state index contributed by atoms with van der Waals surface area (Å²) >= 11 is 0. The first kappa shape index (κ1) is 28.2. The lowest BCUT2D eigenvalue weighted by Crippen LogP contribution is -2.19. The number of benzene rings is 3. The van der Waals surface area contributed by atoms with E-state index in [1.54, 1.807) is 0 Å². The smallest absolute Gasteiger partial charge is 0.340 e. The number of nitrogens with zero attached hydrogens (tertiary/aromatic N) is 2. The second-order valence-electron chi connectivity index (χ2n) is 9.15. The minimum absolute atomic E-state index is 0.0141. The monoisotopic (exact) mass is 521 g/mol. The van der Waals surface area contributed by atoms with Gasteiger partial charge in [-0.3, -0.25) is 4.99 Å². The molecule has 3 rings (SSSR count). The predicted molar refractivity (Wildman–Crippen MR) is 136 cm³/mol. The Morgan fingerprint density at radius 1 is 0.784 bits per heavy atom. The van der Waals surface area contributed by atoms with Crippen molar-refractivity contribution in [3.8, 4) is 11.1 Å². The molecule has 3 nitrogen and oxygen atoms in total. The molecule has 3 aromatic rings. The summed E-state index contributed by atoms with van der Waals surface area (Å²) in [6.45, 7) is 4.83. The summed E-state index contributed by atoms with van der Waals surface area (Å²) in [5, 5.41) is 3.20. The van der Waals surface area contributed by atoms with Crippen LogP contribution in [-0.4, -0.2) is 37.9 Å². The van der Waals surface area contributed by atoms with E-state index in [4.69, 9.17) is 0 Å². The number of aliphatic imine (C=N–C) groups is 1. The Labute approximate surface area is 212 Å². The van der Waals surface area contributed by atoms with Crippen LogP contribution in [0.4, 0.5) is 32.0 Å². The normalized spacial score (nSPS) is 12.8. The Morgan fingerprint density at radius 2 is 1.38 bits per heavy atom. The van der Waals surface area contributed by atoms with Crippen LogP contribution in [0.2, 0.25) is 0 Å². The number of anilines is 1. The number of hydrogen-bond acceptors (Lipinski definition) is 2. The Morgan fingerprint density at radius 3 is 1.97 bits per heavy atom. The average molecular weight is 522 g/mol. The molecule has 0 aromatic heterocycles. The molecule has 0 unspecified atom stereocenters. The molecule has 0 radical (unpaired) electrons. The van der Waals surface area contributed by atoms with Gasteiger partial charge < -0.3 is 10.2 Å². The van der Waals surface area contributed by atoms with Crippen LogP contribution < -0.4 is 5.32 Å². The van der Waals surface area contributed by atoms with Gasteiger partial charge in [-0.2, -0.15) is 26.3 Å². The quantitative estimate of drug-likeness (QED) is 0.149. The third-order valence-electron chi connectivity index (χ3n) is 5.81. The minimum Gasteiger partial charge on any atom is -0.340 e. The number of amidine groups is 1. The summed E-state index contributed by atoms with van der Waals surface area (Å²) in [6.07, 6.45) is -8.66. The van der Waals surface area contributed by atoms with Gasteiger partial charge >= 0.3 is 12.4 Å². The van der Waals surface area contributed by atoms with Gasteiger partial charge in [-0.25, -0.2) is 0 Å². The highest BCUT2D eigenvalue weighted by Gasteiger charge is 2.33. The van der Waals surface area contributed by atoms with Gasteiger partial charge in [-0.15, -0.1) is 0 Å². The van der Waals surface area contributed by atoms with Crippen LogP contribution in [-0.2, 0) is 12.4 Å². The van der Waals surface area contributed by atoms with Crippen molar-refractivity contribution in [2.75, 3.05) is 32.5 Å². The van der Waals surface area contributed by atoms with E-state index in [1.807, 2.05) is 51.0 Å². The van der Waals surface area contributed by atoms with Crippen LogP contribution in [0.5, 0.6) is 0 Å². The fourth-order valence-electron chi connectivity index (χ4n) is 3.88. The highest BCUT2D eigenvalue weighted by Crippen LogP contribution is 2.36. The first-order chi connectivity index (χ1) is 17.3. The zero-order valence-corrected chi connectivity index (χ0v) is 21.1. The highest BCUT2D eigenvalue weighted by molar-refractivity contribution is 6.09.